The average molecular weight is 468 g/mol. The average Bonchev–Trinajstić information content (AvgIpc) is 3.12. The van der Waals surface area contributed by atoms with Gasteiger partial charge in [-0.05, 0) is 32.9 Å². The predicted octanol–water partition coefficient (Wildman–Crippen LogP) is 4.50. The molecule has 1 atom stereocenters. The van der Waals surface area contributed by atoms with E-state index in [1.807, 2.05) is 88.5 Å². The summed E-state index contributed by atoms with van der Waals surface area (Å²) in [6.45, 7) is 8.38. The van der Waals surface area contributed by atoms with E-state index < -0.39 is 6.10 Å². The van der Waals surface area contributed by atoms with E-state index in [0.29, 0.717) is 32.1 Å². The first-order valence-corrected chi connectivity index (χ1v) is 11.6. The summed E-state index contributed by atoms with van der Waals surface area (Å²) in [6.07, 6.45) is -0.633. The fourth-order valence-electron chi connectivity index (χ4n) is 3.63. The predicted molar refractivity (Wildman–Crippen MR) is 134 cm³/mol. The molecule has 0 amide bonds. The molecule has 0 spiro atoms. The van der Waals surface area contributed by atoms with Crippen LogP contribution in [0.25, 0.3) is 11.3 Å². The van der Waals surface area contributed by atoms with Gasteiger partial charge in [0.2, 0.25) is 5.88 Å². The van der Waals surface area contributed by atoms with Crippen LogP contribution in [-0.4, -0.2) is 64.9 Å². The van der Waals surface area contributed by atoms with Crippen molar-refractivity contribution in [2.24, 2.45) is 7.05 Å². The number of hydrogen-bond donors (Lipinski definition) is 1. The highest BCUT2D eigenvalue weighted by Gasteiger charge is 2.24. The molecule has 0 saturated heterocycles. The Balaban J connectivity index is 1.91. The maximum absolute atomic E-state index is 10.7. The molecule has 0 fully saturated rings. The summed E-state index contributed by atoms with van der Waals surface area (Å²) in [5, 5.41) is 15.5. The Bertz CT molecular complexity index is 1000. The van der Waals surface area contributed by atoms with Gasteiger partial charge in [-0.25, -0.2) is 4.68 Å². The number of hydrogen-bond acceptors (Lipinski definition) is 6. The fraction of sp³-hybridized carbons (Fsp3) is 0.444. The van der Waals surface area contributed by atoms with Gasteiger partial charge >= 0.3 is 0 Å². The second-order valence-electron chi connectivity index (χ2n) is 9.34. The monoisotopic (exact) mass is 467 g/mol. The molecule has 1 heterocycles. The van der Waals surface area contributed by atoms with Gasteiger partial charge in [-0.2, -0.15) is 5.10 Å². The number of para-hydroxylation sites is 1. The van der Waals surface area contributed by atoms with Crippen LogP contribution in [0.2, 0.25) is 0 Å². The van der Waals surface area contributed by atoms with Gasteiger partial charge < -0.3 is 19.3 Å². The van der Waals surface area contributed by atoms with E-state index in [1.54, 1.807) is 11.8 Å². The summed E-state index contributed by atoms with van der Waals surface area (Å²) in [5.41, 5.74) is 2.52. The van der Waals surface area contributed by atoms with Crippen molar-refractivity contribution in [1.82, 2.24) is 14.7 Å². The van der Waals surface area contributed by atoms with Crippen LogP contribution in [0.5, 0.6) is 11.6 Å². The molecule has 0 aliphatic carbocycles. The smallest absolute Gasteiger partial charge is 0.222 e. The number of aliphatic hydroxyl groups excluding tert-OH is 1. The van der Waals surface area contributed by atoms with E-state index in [2.05, 4.69) is 4.90 Å². The van der Waals surface area contributed by atoms with Gasteiger partial charge in [0.15, 0.2) is 0 Å². The molecule has 1 unspecified atom stereocenters. The first-order valence-electron chi connectivity index (χ1n) is 11.6. The largest absolute Gasteiger partial charge is 0.439 e. The standard InChI is InChI=1S/C27H37N3O4/c1-27(2,3)33-20-22(31)18-30(16-17-32-5)19-24-25(21-12-8-6-9-13-21)28-29(4)26(24)34-23-14-10-7-11-15-23/h6-15,22,31H,16-20H2,1-5H3. The maximum atomic E-state index is 10.7. The van der Waals surface area contributed by atoms with Crippen molar-refractivity contribution in [2.45, 2.75) is 39.0 Å². The highest BCUT2D eigenvalue weighted by atomic mass is 16.5. The Kier molecular flexibility index (Phi) is 9.24. The molecule has 0 aliphatic rings. The van der Waals surface area contributed by atoms with E-state index in [1.165, 1.54) is 0 Å². The zero-order valence-corrected chi connectivity index (χ0v) is 20.9. The topological polar surface area (TPSA) is 69.0 Å². The van der Waals surface area contributed by atoms with Crippen molar-refractivity contribution in [3.63, 3.8) is 0 Å². The second-order valence-corrected chi connectivity index (χ2v) is 9.34. The number of aliphatic hydroxyl groups is 1. The van der Waals surface area contributed by atoms with Crippen LogP contribution in [0, 0.1) is 0 Å². The highest BCUT2D eigenvalue weighted by molar-refractivity contribution is 5.65. The van der Waals surface area contributed by atoms with Crippen LogP contribution < -0.4 is 4.74 Å². The number of rotatable bonds is 12. The number of benzene rings is 2. The summed E-state index contributed by atoms with van der Waals surface area (Å²) in [4.78, 5) is 2.15. The van der Waals surface area contributed by atoms with E-state index in [0.717, 1.165) is 22.6 Å². The Morgan fingerprint density at radius 2 is 1.68 bits per heavy atom. The first-order chi connectivity index (χ1) is 16.3. The molecular weight excluding hydrogens is 430 g/mol. The number of nitrogens with zero attached hydrogens (tertiary/aromatic N) is 3. The van der Waals surface area contributed by atoms with E-state index >= 15 is 0 Å². The van der Waals surface area contributed by atoms with Gasteiger partial charge in [0.25, 0.3) is 0 Å². The van der Waals surface area contributed by atoms with Gasteiger partial charge in [-0.1, -0.05) is 48.5 Å². The van der Waals surface area contributed by atoms with Gasteiger partial charge in [0.05, 0.1) is 30.5 Å². The van der Waals surface area contributed by atoms with E-state index in [-0.39, 0.29) is 12.2 Å². The third-order valence-corrected chi connectivity index (χ3v) is 5.26. The Morgan fingerprint density at radius 1 is 1.03 bits per heavy atom. The van der Waals surface area contributed by atoms with Gasteiger partial charge in [-0.15, -0.1) is 0 Å². The first kappa shape index (κ1) is 25.9. The van der Waals surface area contributed by atoms with Crippen molar-refractivity contribution < 1.29 is 19.3 Å². The lowest BCUT2D eigenvalue weighted by Crippen LogP contribution is -2.38. The normalized spacial score (nSPS) is 12.8. The molecule has 34 heavy (non-hydrogen) atoms. The minimum atomic E-state index is -0.633. The number of ether oxygens (including phenoxy) is 3. The molecule has 0 saturated carbocycles. The summed E-state index contributed by atoms with van der Waals surface area (Å²) < 4.78 is 19.2. The molecule has 7 nitrogen and oxygen atoms in total. The zero-order chi connectivity index (χ0) is 24.6. The SMILES string of the molecule is COCCN(Cc1c(-c2ccccc2)nn(C)c1Oc1ccccc1)CC(O)COC(C)(C)C. The summed E-state index contributed by atoms with van der Waals surface area (Å²) in [5.74, 6) is 1.42. The highest BCUT2D eigenvalue weighted by Crippen LogP contribution is 2.34. The zero-order valence-electron chi connectivity index (χ0n) is 20.9. The Hall–Kier alpha value is -2.71. The number of aromatic nitrogens is 2. The van der Waals surface area contributed by atoms with Crippen molar-refractivity contribution >= 4 is 0 Å². The minimum Gasteiger partial charge on any atom is -0.439 e. The lowest BCUT2D eigenvalue weighted by atomic mass is 10.1. The summed E-state index contributed by atoms with van der Waals surface area (Å²) >= 11 is 0. The second kappa shape index (κ2) is 12.1. The van der Waals surface area contributed by atoms with E-state index in [9.17, 15) is 5.11 Å². The minimum absolute atomic E-state index is 0.263. The number of aryl methyl sites for hydroxylation is 1. The van der Waals surface area contributed by atoms with Crippen LogP contribution in [0.15, 0.2) is 60.7 Å². The third kappa shape index (κ3) is 7.67. The van der Waals surface area contributed by atoms with Gasteiger partial charge in [0.1, 0.15) is 11.4 Å². The summed E-state index contributed by atoms with van der Waals surface area (Å²) in [6, 6.07) is 19.8. The lowest BCUT2D eigenvalue weighted by molar-refractivity contribution is -0.0576. The Morgan fingerprint density at radius 3 is 2.29 bits per heavy atom. The van der Waals surface area contributed by atoms with Crippen molar-refractivity contribution in [3.8, 4) is 22.9 Å². The van der Waals surface area contributed by atoms with E-state index in [4.69, 9.17) is 19.3 Å². The quantitative estimate of drug-likeness (QED) is 0.423. The molecule has 2 aromatic carbocycles. The molecular formula is C27H37N3O4. The van der Waals surface area contributed by atoms with Gasteiger partial charge in [-0.3, -0.25) is 4.90 Å². The van der Waals surface area contributed by atoms with Crippen LogP contribution in [-0.2, 0) is 23.1 Å². The lowest BCUT2D eigenvalue weighted by Gasteiger charge is -2.27. The van der Waals surface area contributed by atoms with Crippen molar-refractivity contribution in [2.75, 3.05) is 33.4 Å². The van der Waals surface area contributed by atoms with Crippen LogP contribution >= 0.6 is 0 Å². The van der Waals surface area contributed by atoms with Gasteiger partial charge in [0, 0.05) is 39.4 Å². The number of methoxy groups -OCH3 is 1. The maximum Gasteiger partial charge on any atom is 0.222 e. The summed E-state index contributed by atoms with van der Waals surface area (Å²) in [7, 11) is 3.57. The fourth-order valence-corrected chi connectivity index (χ4v) is 3.63. The molecule has 0 aliphatic heterocycles. The molecule has 7 heteroatoms. The molecule has 3 rings (SSSR count). The molecule has 0 radical (unpaired) electrons. The third-order valence-electron chi connectivity index (χ3n) is 5.26. The Labute approximate surface area is 202 Å². The molecule has 3 aromatic rings. The van der Waals surface area contributed by atoms with Crippen LogP contribution in [0.3, 0.4) is 0 Å². The molecule has 0 bridgehead atoms. The van der Waals surface area contributed by atoms with Crippen LogP contribution in [0.4, 0.5) is 0 Å². The van der Waals surface area contributed by atoms with Crippen molar-refractivity contribution in [1.29, 1.82) is 0 Å². The van der Waals surface area contributed by atoms with Crippen molar-refractivity contribution in [3.05, 3.63) is 66.2 Å². The molecule has 1 aromatic heterocycles. The molecule has 1 N–H and O–H groups in total. The molecule has 184 valence electrons. The van der Waals surface area contributed by atoms with Crippen LogP contribution in [0.1, 0.15) is 26.3 Å².